The van der Waals surface area contributed by atoms with Gasteiger partial charge in [-0.15, -0.1) is 0 Å². The van der Waals surface area contributed by atoms with Gasteiger partial charge in [0.15, 0.2) is 5.76 Å². The van der Waals surface area contributed by atoms with E-state index in [0.29, 0.717) is 11.4 Å². The number of rotatable bonds is 5. The Morgan fingerprint density at radius 2 is 2.13 bits per heavy atom. The van der Waals surface area contributed by atoms with Crippen LogP contribution in [0, 0.1) is 25.7 Å². The number of benzene rings is 1. The lowest BCUT2D eigenvalue weighted by Gasteiger charge is -2.02. The molecule has 122 valence electrons. The van der Waals surface area contributed by atoms with Crippen molar-refractivity contribution >= 4 is 26.0 Å². The molecule has 0 fully saturated rings. The third-order valence-electron chi connectivity index (χ3n) is 2.82. The second-order valence-corrected chi connectivity index (χ2v) is 7.20. The highest BCUT2D eigenvalue weighted by atomic mass is 79.9. The molecule has 0 saturated carbocycles. The molecule has 0 unspecified atom stereocenters. The van der Waals surface area contributed by atoms with Gasteiger partial charge in [-0.2, -0.15) is 4.72 Å². The fourth-order valence-corrected chi connectivity index (χ4v) is 3.48. The lowest BCUT2D eigenvalue weighted by Crippen LogP contribution is -2.25. The number of hydrogen-bond acceptors (Lipinski definition) is 5. The van der Waals surface area contributed by atoms with Gasteiger partial charge in [0.2, 0.25) is 10.0 Å². The van der Waals surface area contributed by atoms with Gasteiger partial charge in [0.25, 0.3) is 0 Å². The maximum absolute atomic E-state index is 12.1. The van der Waals surface area contributed by atoms with Crippen LogP contribution < -0.4 is 9.46 Å². The molecule has 2 aromatic rings. The van der Waals surface area contributed by atoms with Crippen LogP contribution >= 0.6 is 15.9 Å². The summed E-state index contributed by atoms with van der Waals surface area (Å²) in [7, 11) is -3.68. The molecule has 0 aliphatic carbocycles. The summed E-state index contributed by atoms with van der Waals surface area (Å²) in [5, 5.41) is 3.63. The van der Waals surface area contributed by atoms with Gasteiger partial charge in [-0.3, -0.25) is 0 Å². The molecular weight excluding hydrogens is 384 g/mol. The van der Waals surface area contributed by atoms with Crippen LogP contribution in [0.5, 0.6) is 5.75 Å². The Kier molecular flexibility index (Phi) is 5.82. The van der Waals surface area contributed by atoms with Crippen LogP contribution in [-0.2, 0) is 10.0 Å². The van der Waals surface area contributed by atoms with Crippen LogP contribution in [0.15, 0.2) is 38.2 Å². The first kappa shape index (κ1) is 17.5. The molecule has 1 aromatic carbocycles. The maximum Gasteiger partial charge on any atom is 0.246 e. The molecule has 1 aromatic heterocycles. The molecule has 0 aliphatic heterocycles. The molecule has 0 amide bonds. The Balaban J connectivity index is 1.86. The Hall–Kier alpha value is -1.82. The van der Waals surface area contributed by atoms with Crippen molar-refractivity contribution < 1.29 is 17.7 Å². The average molecular weight is 399 g/mol. The van der Waals surface area contributed by atoms with Crippen LogP contribution in [0.25, 0.3) is 0 Å². The minimum Gasteiger partial charge on any atom is -0.481 e. The van der Waals surface area contributed by atoms with E-state index in [1.165, 1.54) is 0 Å². The number of nitrogens with zero attached hydrogens (tertiary/aromatic N) is 1. The zero-order valence-corrected chi connectivity index (χ0v) is 15.0. The van der Waals surface area contributed by atoms with E-state index in [9.17, 15) is 8.42 Å². The van der Waals surface area contributed by atoms with E-state index in [1.54, 1.807) is 13.8 Å². The van der Waals surface area contributed by atoms with Crippen molar-refractivity contribution in [2.75, 3.05) is 13.2 Å². The lowest BCUT2D eigenvalue weighted by molar-refractivity contribution is 0.370. The fourth-order valence-electron chi connectivity index (χ4n) is 1.85. The van der Waals surface area contributed by atoms with Gasteiger partial charge < -0.3 is 9.26 Å². The second kappa shape index (κ2) is 7.64. The van der Waals surface area contributed by atoms with E-state index in [1.807, 2.05) is 24.3 Å². The number of aromatic nitrogens is 1. The minimum atomic E-state index is -3.68. The number of aryl methyl sites for hydroxylation is 2. The van der Waals surface area contributed by atoms with E-state index in [0.717, 1.165) is 4.47 Å². The number of halogens is 1. The highest BCUT2D eigenvalue weighted by Gasteiger charge is 2.23. The van der Waals surface area contributed by atoms with Gasteiger partial charge in [-0.1, -0.05) is 39.0 Å². The van der Waals surface area contributed by atoms with E-state index in [4.69, 9.17) is 9.26 Å². The van der Waals surface area contributed by atoms with Crippen LogP contribution in [0.1, 0.15) is 11.5 Å². The Labute approximate surface area is 143 Å². The Bertz CT molecular complexity index is 830. The van der Waals surface area contributed by atoms with Crippen molar-refractivity contribution in [2.24, 2.45) is 0 Å². The van der Waals surface area contributed by atoms with Crippen molar-refractivity contribution in [1.29, 1.82) is 0 Å². The summed E-state index contributed by atoms with van der Waals surface area (Å²) in [5.41, 5.74) is 0.320. The van der Waals surface area contributed by atoms with Crippen molar-refractivity contribution in [3.63, 3.8) is 0 Å². The first-order chi connectivity index (χ1) is 10.9. The maximum atomic E-state index is 12.1. The monoisotopic (exact) mass is 398 g/mol. The summed E-state index contributed by atoms with van der Waals surface area (Å²) >= 11 is 3.34. The predicted octanol–water partition coefficient (Wildman–Crippen LogP) is 2.41. The number of sulfonamides is 1. The number of nitrogens with one attached hydrogen (secondary N) is 1. The normalized spacial score (nSPS) is 10.9. The highest BCUT2D eigenvalue weighted by Crippen LogP contribution is 2.18. The molecule has 2 rings (SSSR count). The smallest absolute Gasteiger partial charge is 0.246 e. The van der Waals surface area contributed by atoms with Gasteiger partial charge in [0, 0.05) is 4.47 Å². The van der Waals surface area contributed by atoms with E-state index >= 15 is 0 Å². The zero-order valence-electron chi connectivity index (χ0n) is 12.6. The van der Waals surface area contributed by atoms with E-state index < -0.39 is 10.0 Å². The Morgan fingerprint density at radius 1 is 1.35 bits per heavy atom. The molecule has 0 saturated heterocycles. The lowest BCUT2D eigenvalue weighted by atomic mass is 10.3. The molecule has 23 heavy (non-hydrogen) atoms. The molecule has 0 aliphatic rings. The summed E-state index contributed by atoms with van der Waals surface area (Å²) in [4.78, 5) is 0.0599. The van der Waals surface area contributed by atoms with Crippen molar-refractivity contribution in [3.05, 3.63) is 40.2 Å². The first-order valence-corrected chi connectivity index (χ1v) is 8.94. The molecule has 1 heterocycles. The van der Waals surface area contributed by atoms with Crippen molar-refractivity contribution in [3.8, 4) is 17.6 Å². The molecule has 0 atom stereocenters. The number of ether oxygens (including phenoxy) is 1. The van der Waals surface area contributed by atoms with Crippen LogP contribution in [0.4, 0.5) is 0 Å². The summed E-state index contributed by atoms with van der Waals surface area (Å²) in [6.07, 6.45) is 0. The van der Waals surface area contributed by atoms with Crippen LogP contribution in [0.2, 0.25) is 0 Å². The average Bonchev–Trinajstić information content (AvgIpc) is 2.82. The molecule has 8 heteroatoms. The third kappa shape index (κ3) is 4.82. The third-order valence-corrected chi connectivity index (χ3v) is 4.96. The zero-order chi connectivity index (χ0) is 16.9. The molecule has 0 spiro atoms. The SMILES string of the molecule is Cc1noc(C)c1S(=O)(=O)NCC#CCOc1cccc(Br)c1. The van der Waals surface area contributed by atoms with Gasteiger partial charge in [-0.05, 0) is 32.0 Å². The summed E-state index contributed by atoms with van der Waals surface area (Å²) < 4.78 is 37.8. The quantitative estimate of drug-likeness (QED) is 0.781. The molecule has 1 N–H and O–H groups in total. The summed E-state index contributed by atoms with van der Waals surface area (Å²) in [6, 6.07) is 7.38. The minimum absolute atomic E-state index is 0.0196. The summed E-state index contributed by atoms with van der Waals surface area (Å²) in [5.74, 6) is 6.38. The van der Waals surface area contributed by atoms with Crippen molar-refractivity contribution in [2.45, 2.75) is 18.7 Å². The van der Waals surface area contributed by atoms with Crippen LogP contribution in [0.3, 0.4) is 0 Å². The Morgan fingerprint density at radius 3 is 2.78 bits per heavy atom. The van der Waals surface area contributed by atoms with E-state index in [-0.39, 0.29) is 23.8 Å². The van der Waals surface area contributed by atoms with Gasteiger partial charge in [0.05, 0.1) is 6.54 Å². The molecule has 6 nitrogen and oxygen atoms in total. The molecule has 0 radical (unpaired) electrons. The second-order valence-electron chi connectivity index (χ2n) is 4.58. The number of hydrogen-bond donors (Lipinski definition) is 1. The standard InChI is InChI=1S/C15H15BrN2O4S/c1-11-15(12(2)22-18-11)23(19,20)17-8-3-4-9-21-14-7-5-6-13(16)10-14/h5-7,10,17H,8-9H2,1-2H3. The largest absolute Gasteiger partial charge is 0.481 e. The van der Waals surface area contributed by atoms with Crippen LogP contribution in [-0.4, -0.2) is 26.7 Å². The molecular formula is C15H15BrN2O4S. The fraction of sp³-hybridized carbons (Fsp3) is 0.267. The topological polar surface area (TPSA) is 81.4 Å². The predicted molar refractivity (Wildman–Crippen MR) is 88.6 cm³/mol. The molecule has 0 bridgehead atoms. The first-order valence-electron chi connectivity index (χ1n) is 6.67. The van der Waals surface area contributed by atoms with Crippen molar-refractivity contribution in [1.82, 2.24) is 9.88 Å². The van der Waals surface area contributed by atoms with Gasteiger partial charge >= 0.3 is 0 Å². The van der Waals surface area contributed by atoms with Gasteiger partial charge in [-0.25, -0.2) is 8.42 Å². The van der Waals surface area contributed by atoms with Gasteiger partial charge in [0.1, 0.15) is 22.9 Å². The summed E-state index contributed by atoms with van der Waals surface area (Å²) in [6.45, 7) is 3.27. The van der Waals surface area contributed by atoms with E-state index in [2.05, 4.69) is 37.6 Å². The highest BCUT2D eigenvalue weighted by molar-refractivity contribution is 9.10.